The molecule has 0 aromatic heterocycles. The highest BCUT2D eigenvalue weighted by Crippen LogP contribution is 2.32. The first-order valence-electron chi connectivity index (χ1n) is 7.30. The highest BCUT2D eigenvalue weighted by Gasteiger charge is 2.25. The maximum Gasteiger partial charge on any atom is 0.0845 e. The second-order valence-electron chi connectivity index (χ2n) is 6.53. The number of rotatable bonds is 5. The summed E-state index contributed by atoms with van der Waals surface area (Å²) in [6.45, 7) is 9.31. The van der Waals surface area contributed by atoms with Gasteiger partial charge in [0.25, 0.3) is 0 Å². The molecule has 0 nitrogen and oxygen atoms in total. The second kappa shape index (κ2) is 5.88. The van der Waals surface area contributed by atoms with E-state index in [2.05, 4.69) is 50.0 Å². The molecule has 1 aliphatic rings. The molecule has 0 saturated heterocycles. The van der Waals surface area contributed by atoms with Crippen LogP contribution in [0.2, 0.25) is 19.1 Å². The van der Waals surface area contributed by atoms with Gasteiger partial charge in [-0.25, -0.2) is 0 Å². The second-order valence-corrected chi connectivity index (χ2v) is 11.2. The molecule has 0 amide bonds. The lowest BCUT2D eigenvalue weighted by Crippen LogP contribution is -2.41. The van der Waals surface area contributed by atoms with Gasteiger partial charge in [-0.15, -0.1) is 6.58 Å². The van der Waals surface area contributed by atoms with Crippen molar-refractivity contribution in [2.75, 3.05) is 0 Å². The summed E-state index contributed by atoms with van der Waals surface area (Å²) in [6.07, 6.45) is 7.04. The summed E-state index contributed by atoms with van der Waals surface area (Å²) in [5.41, 5.74) is 1.50. The summed E-state index contributed by atoms with van der Waals surface area (Å²) in [5.74, 6) is 0.943. The number of benzene rings is 1. The Morgan fingerprint density at radius 2 is 1.78 bits per heavy atom. The Balaban J connectivity index is 1.93. The maximum atomic E-state index is 4.36. The smallest absolute Gasteiger partial charge is 0.0845 e. The molecule has 1 aromatic carbocycles. The van der Waals surface area contributed by atoms with E-state index in [9.17, 15) is 0 Å². The van der Waals surface area contributed by atoms with Gasteiger partial charge < -0.3 is 0 Å². The van der Waals surface area contributed by atoms with Gasteiger partial charge in [0.1, 0.15) is 0 Å². The van der Waals surface area contributed by atoms with Gasteiger partial charge in [-0.1, -0.05) is 79.9 Å². The molecule has 0 aliphatic heterocycles. The van der Waals surface area contributed by atoms with Gasteiger partial charge in [0.15, 0.2) is 0 Å². The normalized spacial score (nSPS) is 17.0. The van der Waals surface area contributed by atoms with E-state index in [-0.39, 0.29) is 0 Å². The minimum Gasteiger partial charge on any atom is -0.100 e. The van der Waals surface area contributed by atoms with Crippen molar-refractivity contribution >= 4 is 13.3 Å². The van der Waals surface area contributed by atoms with Gasteiger partial charge in [0, 0.05) is 0 Å². The largest absolute Gasteiger partial charge is 0.100 e. The van der Waals surface area contributed by atoms with Gasteiger partial charge in [-0.05, 0) is 18.4 Å². The molecule has 1 saturated carbocycles. The third-order valence-corrected chi connectivity index (χ3v) is 7.58. The minimum absolute atomic E-state index is 0.943. The summed E-state index contributed by atoms with van der Waals surface area (Å²) < 4.78 is 0. The molecule has 0 radical (unpaired) electrons. The van der Waals surface area contributed by atoms with Crippen molar-refractivity contribution in [2.45, 2.75) is 51.2 Å². The molecule has 0 N–H and O–H groups in total. The summed E-state index contributed by atoms with van der Waals surface area (Å²) in [5, 5.41) is 1.57. The Morgan fingerprint density at radius 3 is 2.39 bits per heavy atom. The molecule has 0 atom stereocenters. The van der Waals surface area contributed by atoms with Gasteiger partial charge in [0.05, 0.1) is 8.07 Å². The highest BCUT2D eigenvalue weighted by molar-refractivity contribution is 6.90. The van der Waals surface area contributed by atoms with E-state index in [1.54, 1.807) is 5.19 Å². The Bertz CT molecular complexity index is 385. The van der Waals surface area contributed by atoms with Crippen molar-refractivity contribution < 1.29 is 0 Å². The summed E-state index contributed by atoms with van der Waals surface area (Å²) >= 11 is 0. The van der Waals surface area contributed by atoms with E-state index in [0.717, 1.165) is 5.92 Å². The fourth-order valence-electron chi connectivity index (χ4n) is 3.31. The Hall–Kier alpha value is -0.823. The van der Waals surface area contributed by atoms with Crippen molar-refractivity contribution in [1.82, 2.24) is 0 Å². The van der Waals surface area contributed by atoms with Crippen LogP contribution in [0.15, 0.2) is 42.5 Å². The molecule has 0 spiro atoms. The molecule has 0 heterocycles. The molecule has 18 heavy (non-hydrogen) atoms. The third kappa shape index (κ3) is 3.58. The van der Waals surface area contributed by atoms with Crippen LogP contribution in [0.4, 0.5) is 0 Å². The van der Waals surface area contributed by atoms with Crippen LogP contribution >= 0.6 is 0 Å². The van der Waals surface area contributed by atoms with Crippen molar-refractivity contribution in [1.29, 1.82) is 0 Å². The maximum absolute atomic E-state index is 4.36. The Morgan fingerprint density at radius 1 is 1.17 bits per heavy atom. The van der Waals surface area contributed by atoms with E-state index in [1.807, 2.05) is 0 Å². The SMILES string of the molecule is C=C(CC1CCCC1)C[Si](C)(C)c1ccccc1. The summed E-state index contributed by atoms with van der Waals surface area (Å²) in [6, 6.07) is 12.3. The fraction of sp³-hybridized carbons (Fsp3) is 0.529. The Labute approximate surface area is 113 Å². The zero-order valence-electron chi connectivity index (χ0n) is 11.9. The molecule has 1 fully saturated rings. The van der Waals surface area contributed by atoms with Crippen LogP contribution in [0.5, 0.6) is 0 Å². The van der Waals surface area contributed by atoms with Crippen molar-refractivity contribution in [2.24, 2.45) is 5.92 Å². The monoisotopic (exact) mass is 258 g/mol. The first-order valence-corrected chi connectivity index (χ1v) is 10.5. The topological polar surface area (TPSA) is 0 Å². The first kappa shape index (κ1) is 13.6. The van der Waals surface area contributed by atoms with Crippen molar-refractivity contribution in [3.8, 4) is 0 Å². The fourth-order valence-corrected chi connectivity index (χ4v) is 6.00. The van der Waals surface area contributed by atoms with Gasteiger partial charge in [-0.2, -0.15) is 0 Å². The molecule has 98 valence electrons. The predicted molar refractivity (Wildman–Crippen MR) is 84.1 cm³/mol. The zero-order chi connectivity index (χ0) is 13.0. The van der Waals surface area contributed by atoms with E-state index >= 15 is 0 Å². The van der Waals surface area contributed by atoms with Crippen LogP contribution in [-0.4, -0.2) is 8.07 Å². The number of allylic oxidation sites excluding steroid dienone is 1. The van der Waals surface area contributed by atoms with Crippen LogP contribution < -0.4 is 5.19 Å². The quantitative estimate of drug-likeness (QED) is 0.529. The standard InChI is InChI=1S/C17H26Si/c1-15(13-16-9-7-8-10-16)14-18(2,3)17-11-5-4-6-12-17/h4-6,11-12,16H,1,7-10,13-14H2,2-3H3. The Kier molecular flexibility index (Phi) is 4.44. The van der Waals surface area contributed by atoms with E-state index in [1.165, 1.54) is 43.7 Å². The molecule has 1 heteroatoms. The zero-order valence-corrected chi connectivity index (χ0v) is 12.9. The summed E-state index contributed by atoms with van der Waals surface area (Å²) in [4.78, 5) is 0. The van der Waals surface area contributed by atoms with Crippen molar-refractivity contribution in [3.63, 3.8) is 0 Å². The molecule has 0 unspecified atom stereocenters. The average Bonchev–Trinajstić information content (AvgIpc) is 2.82. The lowest BCUT2D eigenvalue weighted by atomic mass is 10.00. The number of hydrogen-bond donors (Lipinski definition) is 0. The van der Waals surface area contributed by atoms with Gasteiger partial charge >= 0.3 is 0 Å². The average molecular weight is 258 g/mol. The minimum atomic E-state index is -1.31. The number of hydrogen-bond acceptors (Lipinski definition) is 0. The van der Waals surface area contributed by atoms with Crippen LogP contribution in [-0.2, 0) is 0 Å². The highest BCUT2D eigenvalue weighted by atomic mass is 28.3. The van der Waals surface area contributed by atoms with E-state index in [0.29, 0.717) is 0 Å². The first-order chi connectivity index (χ1) is 8.58. The lowest BCUT2D eigenvalue weighted by Gasteiger charge is -2.25. The van der Waals surface area contributed by atoms with Gasteiger partial charge in [-0.3, -0.25) is 0 Å². The molecular formula is C17H26Si. The molecule has 1 aliphatic carbocycles. The predicted octanol–water partition coefficient (Wildman–Crippen LogP) is 4.74. The van der Waals surface area contributed by atoms with Crippen LogP contribution in [0.25, 0.3) is 0 Å². The summed E-state index contributed by atoms with van der Waals surface area (Å²) in [7, 11) is -1.31. The van der Waals surface area contributed by atoms with Crippen LogP contribution in [0.1, 0.15) is 32.1 Å². The van der Waals surface area contributed by atoms with Crippen molar-refractivity contribution in [3.05, 3.63) is 42.5 Å². The van der Waals surface area contributed by atoms with Crippen LogP contribution in [0.3, 0.4) is 0 Å². The molecule has 1 aromatic rings. The molecular weight excluding hydrogens is 232 g/mol. The third-order valence-electron chi connectivity index (χ3n) is 4.30. The van der Waals surface area contributed by atoms with Crippen LogP contribution in [0, 0.1) is 5.92 Å². The molecule has 2 rings (SSSR count). The molecule has 0 bridgehead atoms. The lowest BCUT2D eigenvalue weighted by molar-refractivity contribution is 0.544. The van der Waals surface area contributed by atoms with Gasteiger partial charge in [0.2, 0.25) is 0 Å². The van der Waals surface area contributed by atoms with E-state index < -0.39 is 8.07 Å². The van der Waals surface area contributed by atoms with E-state index in [4.69, 9.17) is 0 Å².